The van der Waals surface area contributed by atoms with E-state index < -0.39 is 0 Å². The van der Waals surface area contributed by atoms with E-state index in [1.807, 2.05) is 7.05 Å². The number of hydrogen-bond donors (Lipinski definition) is 1. The molecule has 0 spiro atoms. The van der Waals surface area contributed by atoms with Crippen LogP contribution in [0.25, 0.3) is 0 Å². The molecule has 0 saturated heterocycles. The van der Waals surface area contributed by atoms with Gasteiger partial charge in [-0.1, -0.05) is 31.5 Å². The van der Waals surface area contributed by atoms with Gasteiger partial charge in [0.25, 0.3) is 0 Å². The molecule has 0 aromatic heterocycles. The third-order valence-corrected chi connectivity index (χ3v) is 4.13. The summed E-state index contributed by atoms with van der Waals surface area (Å²) < 4.78 is 6.32. The monoisotopic (exact) mass is 261 g/mol. The van der Waals surface area contributed by atoms with E-state index in [0.29, 0.717) is 6.04 Å². The maximum atomic E-state index is 6.32. The summed E-state index contributed by atoms with van der Waals surface area (Å²) in [5.41, 5.74) is 2.57. The van der Waals surface area contributed by atoms with E-state index in [0.717, 1.165) is 24.5 Å². The molecule has 0 fully saturated rings. The average Bonchev–Trinajstić information content (AvgIpc) is 2.36. The second-order valence-electron chi connectivity index (χ2n) is 6.57. The Morgan fingerprint density at radius 1 is 1.42 bits per heavy atom. The summed E-state index contributed by atoms with van der Waals surface area (Å²) in [5, 5.41) is 3.45. The summed E-state index contributed by atoms with van der Waals surface area (Å²) in [6.45, 7) is 8.94. The lowest BCUT2D eigenvalue weighted by Gasteiger charge is -2.40. The molecule has 1 aliphatic rings. The molecule has 19 heavy (non-hydrogen) atoms. The third-order valence-electron chi connectivity index (χ3n) is 4.13. The van der Waals surface area contributed by atoms with E-state index >= 15 is 0 Å². The van der Waals surface area contributed by atoms with Gasteiger partial charge in [0.1, 0.15) is 11.4 Å². The molecular formula is C17H27NO. The van der Waals surface area contributed by atoms with Crippen molar-refractivity contribution in [2.75, 3.05) is 7.05 Å². The minimum Gasteiger partial charge on any atom is -0.487 e. The molecule has 0 radical (unpaired) electrons. The highest BCUT2D eigenvalue weighted by molar-refractivity contribution is 5.41. The predicted molar refractivity (Wildman–Crippen MR) is 80.7 cm³/mol. The molecule has 0 saturated carbocycles. The van der Waals surface area contributed by atoms with Gasteiger partial charge < -0.3 is 10.1 Å². The van der Waals surface area contributed by atoms with Crippen LogP contribution in [-0.4, -0.2) is 12.6 Å². The standard InChI is InChI=1S/C17H27NO/c1-12(2)8-9-17(4)11-15(18-5)14-10-13(3)6-7-16(14)19-17/h6-7,10,12,15,18H,8-9,11H2,1-5H3. The largest absolute Gasteiger partial charge is 0.487 e. The van der Waals surface area contributed by atoms with Crippen molar-refractivity contribution < 1.29 is 4.74 Å². The quantitative estimate of drug-likeness (QED) is 0.875. The van der Waals surface area contributed by atoms with Crippen LogP contribution in [0.15, 0.2) is 18.2 Å². The van der Waals surface area contributed by atoms with Crippen molar-refractivity contribution >= 4 is 0 Å². The number of ether oxygens (including phenoxy) is 1. The van der Waals surface area contributed by atoms with Crippen molar-refractivity contribution in [3.8, 4) is 5.75 Å². The van der Waals surface area contributed by atoms with Crippen LogP contribution >= 0.6 is 0 Å². The van der Waals surface area contributed by atoms with E-state index in [1.165, 1.54) is 17.5 Å². The van der Waals surface area contributed by atoms with Crippen LogP contribution < -0.4 is 10.1 Å². The molecule has 0 bridgehead atoms. The Morgan fingerprint density at radius 2 is 2.16 bits per heavy atom. The van der Waals surface area contributed by atoms with Crippen LogP contribution in [-0.2, 0) is 0 Å². The predicted octanol–water partition coefficient (Wildman–Crippen LogP) is 4.23. The summed E-state index contributed by atoms with van der Waals surface area (Å²) >= 11 is 0. The van der Waals surface area contributed by atoms with Crippen LogP contribution in [0.5, 0.6) is 5.75 Å². The first-order valence-electron chi connectivity index (χ1n) is 7.40. The van der Waals surface area contributed by atoms with Gasteiger partial charge >= 0.3 is 0 Å². The number of aryl methyl sites for hydroxylation is 1. The Kier molecular flexibility index (Phi) is 4.19. The van der Waals surface area contributed by atoms with Crippen molar-refractivity contribution in [1.29, 1.82) is 0 Å². The Hall–Kier alpha value is -1.02. The molecule has 2 nitrogen and oxygen atoms in total. The highest BCUT2D eigenvalue weighted by Gasteiger charge is 2.36. The molecule has 2 atom stereocenters. The number of rotatable bonds is 4. The second-order valence-corrected chi connectivity index (χ2v) is 6.57. The Morgan fingerprint density at radius 3 is 2.79 bits per heavy atom. The summed E-state index contributed by atoms with van der Waals surface area (Å²) in [6, 6.07) is 6.92. The van der Waals surface area contributed by atoms with Crippen LogP contribution in [0.1, 0.15) is 57.2 Å². The Labute approximate surface area is 117 Å². The van der Waals surface area contributed by atoms with E-state index in [-0.39, 0.29) is 5.60 Å². The fourth-order valence-corrected chi connectivity index (χ4v) is 2.89. The minimum absolute atomic E-state index is 0.0415. The van der Waals surface area contributed by atoms with Crippen LogP contribution in [0.3, 0.4) is 0 Å². The molecule has 1 heterocycles. The lowest BCUT2D eigenvalue weighted by molar-refractivity contribution is 0.0359. The molecule has 106 valence electrons. The zero-order valence-electron chi connectivity index (χ0n) is 12.9. The first-order valence-corrected chi connectivity index (χ1v) is 7.40. The van der Waals surface area contributed by atoms with Gasteiger partial charge in [0.05, 0.1) is 0 Å². The molecule has 2 unspecified atom stereocenters. The minimum atomic E-state index is -0.0415. The van der Waals surface area contributed by atoms with E-state index in [2.05, 4.69) is 51.2 Å². The summed E-state index contributed by atoms with van der Waals surface area (Å²) in [4.78, 5) is 0. The van der Waals surface area contributed by atoms with E-state index in [1.54, 1.807) is 0 Å². The van der Waals surface area contributed by atoms with Gasteiger partial charge in [0.2, 0.25) is 0 Å². The van der Waals surface area contributed by atoms with Gasteiger partial charge in [-0.25, -0.2) is 0 Å². The normalized spacial score (nSPS) is 26.1. The lowest BCUT2D eigenvalue weighted by atomic mass is 9.83. The van der Waals surface area contributed by atoms with E-state index in [4.69, 9.17) is 4.74 Å². The van der Waals surface area contributed by atoms with Crippen molar-refractivity contribution in [1.82, 2.24) is 5.32 Å². The number of nitrogens with one attached hydrogen (secondary N) is 1. The SMILES string of the molecule is CNC1CC(C)(CCC(C)C)Oc2ccc(C)cc21. The van der Waals surface area contributed by atoms with E-state index in [9.17, 15) is 0 Å². The van der Waals surface area contributed by atoms with Gasteiger partial charge in [-0.3, -0.25) is 0 Å². The maximum Gasteiger partial charge on any atom is 0.124 e. The zero-order valence-corrected chi connectivity index (χ0v) is 12.9. The molecule has 1 N–H and O–H groups in total. The fourth-order valence-electron chi connectivity index (χ4n) is 2.89. The molecule has 1 aromatic rings. The highest BCUT2D eigenvalue weighted by Crippen LogP contribution is 2.42. The Balaban J connectivity index is 2.23. The first kappa shape index (κ1) is 14.4. The van der Waals surface area contributed by atoms with Gasteiger partial charge in [-0.05, 0) is 45.7 Å². The number of benzene rings is 1. The zero-order chi connectivity index (χ0) is 14.0. The molecule has 2 rings (SSSR count). The Bertz CT molecular complexity index is 441. The van der Waals surface area contributed by atoms with Crippen LogP contribution in [0.2, 0.25) is 0 Å². The van der Waals surface area contributed by atoms with Crippen LogP contribution in [0.4, 0.5) is 0 Å². The topological polar surface area (TPSA) is 21.3 Å². The second kappa shape index (κ2) is 5.54. The molecular weight excluding hydrogens is 234 g/mol. The fraction of sp³-hybridized carbons (Fsp3) is 0.647. The summed E-state index contributed by atoms with van der Waals surface area (Å²) in [6.07, 6.45) is 3.39. The van der Waals surface area contributed by atoms with Gasteiger partial charge in [0, 0.05) is 18.0 Å². The molecule has 2 heteroatoms. The molecule has 1 aromatic carbocycles. The maximum absolute atomic E-state index is 6.32. The van der Waals surface area contributed by atoms with Crippen LogP contribution in [0, 0.1) is 12.8 Å². The molecule has 0 amide bonds. The molecule has 1 aliphatic heterocycles. The summed E-state index contributed by atoms with van der Waals surface area (Å²) in [5.74, 6) is 1.79. The third kappa shape index (κ3) is 3.30. The van der Waals surface area contributed by atoms with Crippen molar-refractivity contribution in [3.05, 3.63) is 29.3 Å². The number of fused-ring (bicyclic) bond motifs is 1. The van der Waals surface area contributed by atoms with Gasteiger partial charge in [0.15, 0.2) is 0 Å². The average molecular weight is 261 g/mol. The lowest BCUT2D eigenvalue weighted by Crippen LogP contribution is -2.41. The first-order chi connectivity index (χ1) is 8.93. The summed E-state index contributed by atoms with van der Waals surface area (Å²) in [7, 11) is 2.05. The smallest absolute Gasteiger partial charge is 0.124 e. The highest BCUT2D eigenvalue weighted by atomic mass is 16.5. The van der Waals surface area contributed by atoms with Crippen molar-refractivity contribution in [2.24, 2.45) is 5.92 Å². The number of hydrogen-bond acceptors (Lipinski definition) is 2. The van der Waals surface area contributed by atoms with Crippen molar-refractivity contribution in [3.63, 3.8) is 0 Å². The van der Waals surface area contributed by atoms with Crippen molar-refractivity contribution in [2.45, 2.75) is 58.6 Å². The molecule has 0 aliphatic carbocycles. The van der Waals surface area contributed by atoms with Gasteiger partial charge in [-0.2, -0.15) is 0 Å². The van der Waals surface area contributed by atoms with Gasteiger partial charge in [-0.15, -0.1) is 0 Å².